The molecule has 0 unspecified atom stereocenters. The Balaban J connectivity index is 1.72. The van der Waals surface area contributed by atoms with E-state index in [0.29, 0.717) is 11.0 Å². The van der Waals surface area contributed by atoms with Gasteiger partial charge in [0.25, 0.3) is 0 Å². The molecule has 0 saturated heterocycles. The minimum absolute atomic E-state index is 0.130. The van der Waals surface area contributed by atoms with Crippen molar-refractivity contribution >= 4 is 35.1 Å². The van der Waals surface area contributed by atoms with Crippen molar-refractivity contribution in [1.82, 2.24) is 0 Å². The van der Waals surface area contributed by atoms with Crippen LogP contribution in [-0.2, 0) is 4.79 Å². The van der Waals surface area contributed by atoms with Crippen molar-refractivity contribution in [1.29, 1.82) is 0 Å². The van der Waals surface area contributed by atoms with E-state index in [1.165, 1.54) is 16.7 Å². The molecule has 1 heterocycles. The molecule has 0 aliphatic carbocycles. The van der Waals surface area contributed by atoms with Crippen molar-refractivity contribution in [3.63, 3.8) is 0 Å². The molecule has 0 radical (unpaired) electrons. The summed E-state index contributed by atoms with van der Waals surface area (Å²) >= 11 is 3.35. The van der Waals surface area contributed by atoms with E-state index in [1.54, 1.807) is 12.1 Å². The number of anilines is 1. The van der Waals surface area contributed by atoms with Gasteiger partial charge in [-0.2, -0.15) is 0 Å². The Labute approximate surface area is 145 Å². The zero-order valence-corrected chi connectivity index (χ0v) is 14.6. The van der Waals surface area contributed by atoms with Gasteiger partial charge in [0, 0.05) is 21.6 Å². The monoisotopic (exact) mass is 345 g/mol. The first-order valence-electron chi connectivity index (χ1n) is 7.61. The summed E-state index contributed by atoms with van der Waals surface area (Å²) in [6.07, 6.45) is 0.995. The summed E-state index contributed by atoms with van der Waals surface area (Å²) < 4.78 is 0. The lowest BCUT2D eigenvalue weighted by molar-refractivity contribution is -0.116. The molecular formula is C18H19NO2S2. The van der Waals surface area contributed by atoms with Gasteiger partial charge in [-0.1, -0.05) is 19.1 Å². The quantitative estimate of drug-likeness (QED) is 0.837. The Kier molecular flexibility index (Phi) is 5.18. The van der Waals surface area contributed by atoms with Crippen LogP contribution in [0.5, 0.6) is 5.75 Å². The van der Waals surface area contributed by atoms with Crippen LogP contribution in [0.25, 0.3) is 0 Å². The van der Waals surface area contributed by atoms with Crippen molar-refractivity contribution < 1.29 is 9.90 Å². The maximum Gasteiger partial charge on any atom is 0.237 e. The van der Waals surface area contributed by atoms with Gasteiger partial charge in [0.1, 0.15) is 5.75 Å². The van der Waals surface area contributed by atoms with Gasteiger partial charge in [-0.3, -0.25) is 4.79 Å². The smallest absolute Gasteiger partial charge is 0.237 e. The first-order chi connectivity index (χ1) is 11.1. The summed E-state index contributed by atoms with van der Waals surface area (Å²) in [4.78, 5) is 16.8. The van der Waals surface area contributed by atoms with E-state index in [2.05, 4.69) is 13.0 Å². The number of benzene rings is 2. The van der Waals surface area contributed by atoms with E-state index in [1.807, 2.05) is 47.0 Å². The predicted molar refractivity (Wildman–Crippen MR) is 97.6 cm³/mol. The van der Waals surface area contributed by atoms with Crippen LogP contribution in [0.1, 0.15) is 13.3 Å². The number of aromatic hydroxyl groups is 1. The van der Waals surface area contributed by atoms with Gasteiger partial charge in [-0.25, -0.2) is 0 Å². The number of hydrogen-bond acceptors (Lipinski definition) is 4. The number of rotatable bonds is 3. The lowest BCUT2D eigenvalue weighted by atomic mass is 10.2. The van der Waals surface area contributed by atoms with Gasteiger partial charge in [0.2, 0.25) is 5.91 Å². The van der Waals surface area contributed by atoms with Crippen molar-refractivity contribution in [3.8, 4) is 5.75 Å². The zero-order valence-electron chi connectivity index (χ0n) is 12.9. The first-order valence-corrected chi connectivity index (χ1v) is 9.48. The average molecular weight is 345 g/mol. The molecule has 0 aromatic heterocycles. The summed E-state index contributed by atoms with van der Waals surface area (Å²) in [5.41, 5.74) is 1.03. The molecule has 0 bridgehead atoms. The summed E-state index contributed by atoms with van der Waals surface area (Å²) in [6.45, 7) is 2.97. The Bertz CT molecular complexity index is 688. The third-order valence-electron chi connectivity index (χ3n) is 3.74. The van der Waals surface area contributed by atoms with Crippen molar-refractivity contribution in [2.75, 3.05) is 17.2 Å². The highest BCUT2D eigenvalue weighted by atomic mass is 32.2. The molecule has 0 spiro atoms. The van der Waals surface area contributed by atoms with Crippen LogP contribution in [0.3, 0.4) is 0 Å². The Morgan fingerprint density at radius 1 is 1.26 bits per heavy atom. The van der Waals surface area contributed by atoms with Crippen LogP contribution >= 0.6 is 23.5 Å². The molecular weight excluding hydrogens is 326 g/mol. The summed E-state index contributed by atoms with van der Waals surface area (Å²) in [5.74, 6) is 0.774. The van der Waals surface area contributed by atoms with Gasteiger partial charge < -0.3 is 10.0 Å². The van der Waals surface area contributed by atoms with E-state index in [-0.39, 0.29) is 11.7 Å². The van der Waals surface area contributed by atoms with Crippen LogP contribution < -0.4 is 4.90 Å². The van der Waals surface area contributed by atoms with E-state index >= 15 is 0 Å². The van der Waals surface area contributed by atoms with Gasteiger partial charge in [-0.05, 0) is 42.8 Å². The molecule has 1 N–H and O–H groups in total. The number of nitrogens with zero attached hydrogens (tertiary/aromatic N) is 1. The second-order valence-corrected chi connectivity index (χ2v) is 8.04. The molecule has 1 aliphatic heterocycles. The molecule has 2 aromatic rings. The molecule has 5 heteroatoms. The number of carbonyl (C=O) groups excluding carboxylic acids is 1. The van der Waals surface area contributed by atoms with Crippen molar-refractivity contribution in [2.24, 2.45) is 0 Å². The predicted octanol–water partition coefficient (Wildman–Crippen LogP) is 4.40. The highest BCUT2D eigenvalue weighted by Crippen LogP contribution is 2.37. The van der Waals surface area contributed by atoms with Gasteiger partial charge >= 0.3 is 0 Å². The lowest BCUT2D eigenvalue weighted by Crippen LogP contribution is -2.33. The molecule has 1 atom stereocenters. The molecule has 3 rings (SSSR count). The van der Waals surface area contributed by atoms with Crippen LogP contribution in [0.2, 0.25) is 0 Å². The fraction of sp³-hybridized carbons (Fsp3) is 0.278. The minimum Gasteiger partial charge on any atom is -0.508 e. The van der Waals surface area contributed by atoms with E-state index in [9.17, 15) is 9.90 Å². The molecule has 3 nitrogen and oxygen atoms in total. The van der Waals surface area contributed by atoms with Crippen LogP contribution in [-0.4, -0.2) is 28.6 Å². The normalized spacial score (nSPS) is 17.4. The third-order valence-corrected chi connectivity index (χ3v) is 5.98. The van der Waals surface area contributed by atoms with Crippen molar-refractivity contribution in [2.45, 2.75) is 28.4 Å². The second-order valence-electron chi connectivity index (χ2n) is 5.51. The van der Waals surface area contributed by atoms with Crippen LogP contribution in [0, 0.1) is 0 Å². The average Bonchev–Trinajstić information content (AvgIpc) is 2.72. The number of phenolic OH excluding ortho intramolecular Hbond substituents is 1. The number of fused-ring (bicyclic) bond motifs is 1. The molecule has 0 saturated carbocycles. The number of para-hydroxylation sites is 1. The van der Waals surface area contributed by atoms with E-state index < -0.39 is 0 Å². The summed E-state index contributed by atoms with van der Waals surface area (Å²) in [7, 11) is 0. The largest absolute Gasteiger partial charge is 0.508 e. The van der Waals surface area contributed by atoms with Crippen LogP contribution in [0.4, 0.5) is 5.69 Å². The first kappa shape index (κ1) is 16.3. The van der Waals surface area contributed by atoms with E-state index in [0.717, 1.165) is 23.5 Å². The zero-order chi connectivity index (χ0) is 16.2. The maximum atomic E-state index is 12.7. The highest BCUT2D eigenvalue weighted by Gasteiger charge is 2.23. The number of amides is 1. The van der Waals surface area contributed by atoms with E-state index in [4.69, 9.17) is 0 Å². The number of hydrogen-bond donors (Lipinski definition) is 1. The fourth-order valence-corrected chi connectivity index (χ4v) is 4.40. The molecule has 2 aromatic carbocycles. The Morgan fingerprint density at radius 2 is 2.00 bits per heavy atom. The van der Waals surface area contributed by atoms with Gasteiger partial charge in [0.15, 0.2) is 0 Å². The Hall–Kier alpha value is -1.59. The van der Waals surface area contributed by atoms with Crippen LogP contribution in [0.15, 0.2) is 58.3 Å². The standard InChI is InChI=1S/C18H19NO2S2/c1-13-10-11-19(16-4-2-3-5-17(16)23-13)18(21)12-22-15-8-6-14(20)7-9-15/h2-9,13,20H,10-12H2,1H3/t13-/m0/s1. The van der Waals surface area contributed by atoms with Gasteiger partial charge in [-0.15, -0.1) is 23.5 Å². The summed E-state index contributed by atoms with van der Waals surface area (Å²) in [6, 6.07) is 15.1. The summed E-state index contributed by atoms with van der Waals surface area (Å²) in [5, 5.41) is 9.83. The van der Waals surface area contributed by atoms with Crippen molar-refractivity contribution in [3.05, 3.63) is 48.5 Å². The number of phenols is 1. The molecule has 1 amide bonds. The molecule has 23 heavy (non-hydrogen) atoms. The number of carbonyl (C=O) groups is 1. The number of thioether (sulfide) groups is 2. The molecule has 0 fully saturated rings. The SMILES string of the molecule is C[C@H]1CCN(C(=O)CSc2ccc(O)cc2)c2ccccc2S1. The minimum atomic E-state index is 0.130. The molecule has 120 valence electrons. The highest BCUT2D eigenvalue weighted by molar-refractivity contribution is 8.00. The molecule has 1 aliphatic rings. The fourth-order valence-electron chi connectivity index (χ4n) is 2.51. The third kappa shape index (κ3) is 4.03. The topological polar surface area (TPSA) is 40.5 Å². The second kappa shape index (κ2) is 7.32. The van der Waals surface area contributed by atoms with Gasteiger partial charge in [0.05, 0.1) is 11.4 Å². The Morgan fingerprint density at radius 3 is 2.78 bits per heavy atom. The maximum absolute atomic E-state index is 12.7. The lowest BCUT2D eigenvalue weighted by Gasteiger charge is -2.22.